The highest BCUT2D eigenvalue weighted by Gasteiger charge is 2.62. The Balaban J connectivity index is 1.30. The molecule has 0 aliphatic heterocycles. The number of hydrogen-bond acceptors (Lipinski definition) is 6. The van der Waals surface area contributed by atoms with Crippen molar-refractivity contribution in [3.8, 4) is 0 Å². The number of rotatable bonds is 5. The molecule has 32 heavy (non-hydrogen) atoms. The highest BCUT2D eigenvalue weighted by Crippen LogP contribution is 2.68. The van der Waals surface area contributed by atoms with Gasteiger partial charge in [-0.05, 0) is 109 Å². The molecular formula is C25H40N4O3. The van der Waals surface area contributed by atoms with Gasteiger partial charge in [-0.25, -0.2) is 0 Å². The van der Waals surface area contributed by atoms with E-state index in [1.54, 1.807) is 0 Å². The van der Waals surface area contributed by atoms with E-state index in [0.29, 0.717) is 41.9 Å². The van der Waals surface area contributed by atoms with Crippen LogP contribution in [-0.4, -0.2) is 48.8 Å². The van der Waals surface area contributed by atoms with Crippen LogP contribution in [0.2, 0.25) is 0 Å². The number of aromatic amines is 1. The molecule has 0 unspecified atom stereocenters. The second kappa shape index (κ2) is 8.15. The fourth-order valence-electron chi connectivity index (χ4n) is 9.13. The predicted octanol–water partition coefficient (Wildman–Crippen LogP) is 3.79. The first kappa shape index (κ1) is 22.5. The monoisotopic (exact) mass is 444 g/mol. The molecule has 4 saturated carbocycles. The molecule has 1 heterocycles. The van der Waals surface area contributed by atoms with Crippen molar-refractivity contribution >= 4 is 5.78 Å². The van der Waals surface area contributed by atoms with Gasteiger partial charge in [0.05, 0.1) is 12.2 Å². The highest BCUT2D eigenvalue weighted by molar-refractivity contribution is 5.92. The van der Waals surface area contributed by atoms with Crippen molar-refractivity contribution in [2.24, 2.45) is 46.3 Å². The summed E-state index contributed by atoms with van der Waals surface area (Å²) < 4.78 is 0. The summed E-state index contributed by atoms with van der Waals surface area (Å²) in [6, 6.07) is 0. The molecule has 0 saturated heterocycles. The lowest BCUT2D eigenvalue weighted by Crippen LogP contribution is -2.58. The summed E-state index contributed by atoms with van der Waals surface area (Å²) in [4.78, 5) is 12.4. The molecular weight excluding hydrogens is 404 g/mol. The smallest absolute Gasteiger partial charge is 0.240 e. The Morgan fingerprint density at radius 3 is 2.59 bits per heavy atom. The van der Waals surface area contributed by atoms with Crippen molar-refractivity contribution in [3.05, 3.63) is 5.82 Å². The normalized spacial score (nSPS) is 46.7. The molecule has 4 fully saturated rings. The fourth-order valence-corrected chi connectivity index (χ4v) is 9.13. The maximum atomic E-state index is 12.4. The van der Waals surface area contributed by atoms with Crippen LogP contribution in [0.5, 0.6) is 0 Å². The van der Waals surface area contributed by atoms with Gasteiger partial charge in [0.25, 0.3) is 0 Å². The van der Waals surface area contributed by atoms with Gasteiger partial charge in [0, 0.05) is 6.42 Å². The third-order valence-electron chi connectivity index (χ3n) is 10.8. The lowest BCUT2D eigenvalue weighted by molar-refractivity contribution is -0.174. The topological polar surface area (TPSA) is 112 Å². The van der Waals surface area contributed by atoms with E-state index in [1.165, 1.54) is 25.7 Å². The van der Waals surface area contributed by atoms with E-state index in [4.69, 9.17) is 0 Å². The molecule has 0 aromatic carbocycles. The first-order valence-electron chi connectivity index (χ1n) is 12.9. The Bertz CT molecular complexity index is 831. The molecule has 4 aliphatic carbocycles. The van der Waals surface area contributed by atoms with Crippen molar-refractivity contribution in [2.45, 2.75) is 97.2 Å². The van der Waals surface area contributed by atoms with Crippen LogP contribution in [0.1, 0.15) is 95.6 Å². The number of nitrogens with zero attached hydrogens (tertiary/aromatic N) is 3. The van der Waals surface area contributed by atoms with E-state index in [0.717, 1.165) is 32.1 Å². The number of aliphatic hydroxyl groups excluding tert-OH is 2. The van der Waals surface area contributed by atoms with Crippen LogP contribution in [0.15, 0.2) is 0 Å². The van der Waals surface area contributed by atoms with E-state index in [1.807, 2.05) is 0 Å². The van der Waals surface area contributed by atoms with E-state index >= 15 is 0 Å². The molecule has 7 heteroatoms. The van der Waals surface area contributed by atoms with Crippen molar-refractivity contribution in [1.29, 1.82) is 0 Å². The summed E-state index contributed by atoms with van der Waals surface area (Å²) >= 11 is 0. The second-order valence-electron chi connectivity index (χ2n) is 12.1. The van der Waals surface area contributed by atoms with Crippen LogP contribution in [0.25, 0.3) is 0 Å². The highest BCUT2D eigenvalue weighted by atomic mass is 16.3. The molecule has 178 valence electrons. The van der Waals surface area contributed by atoms with E-state index < -0.39 is 0 Å². The largest absolute Gasteiger partial charge is 0.393 e. The van der Waals surface area contributed by atoms with Crippen molar-refractivity contribution in [3.63, 3.8) is 0 Å². The second-order valence-corrected chi connectivity index (χ2v) is 12.1. The summed E-state index contributed by atoms with van der Waals surface area (Å²) in [6.45, 7) is 7.26. The molecule has 10 atom stereocenters. The van der Waals surface area contributed by atoms with E-state index in [2.05, 4.69) is 41.4 Å². The van der Waals surface area contributed by atoms with Crippen molar-refractivity contribution < 1.29 is 15.0 Å². The number of carbonyl (C=O) groups excluding carboxylic acids is 1. The lowest BCUT2D eigenvalue weighted by Gasteiger charge is -2.62. The maximum Gasteiger partial charge on any atom is 0.240 e. The number of aromatic nitrogens is 4. The first-order valence-corrected chi connectivity index (χ1v) is 12.9. The summed E-state index contributed by atoms with van der Waals surface area (Å²) in [7, 11) is 0. The molecule has 0 spiro atoms. The van der Waals surface area contributed by atoms with Gasteiger partial charge < -0.3 is 10.2 Å². The van der Waals surface area contributed by atoms with Gasteiger partial charge in [-0.1, -0.05) is 20.8 Å². The average molecular weight is 445 g/mol. The zero-order valence-corrected chi connectivity index (χ0v) is 19.8. The number of carbonyl (C=O) groups is 1. The first-order chi connectivity index (χ1) is 15.2. The standard InChI is InChI=1S/C25H40N4O3/c1-14(4-7-20(31)23-26-28-29-27-23)17-5-6-18-22-19(9-11-25(17,18)3)24(2)10-8-16(30)12-15(24)13-21(22)32/h14-19,21-22,30,32H,4-13H2,1-3H3,(H,26,27,28,29)/t14-,15+,16-,17-,18+,19+,21-,22+,24+,25-/m1/s1. The van der Waals surface area contributed by atoms with Crippen LogP contribution in [0, 0.1) is 46.3 Å². The number of Topliss-reactive ketones (excluding diaryl/α,β-unsaturated/α-hetero) is 1. The van der Waals surface area contributed by atoms with Gasteiger partial charge in [0.2, 0.25) is 11.6 Å². The summed E-state index contributed by atoms with van der Waals surface area (Å²) in [5, 5.41) is 35.1. The number of H-pyrrole nitrogens is 1. The molecule has 3 N–H and O–H groups in total. The number of aliphatic hydroxyl groups is 2. The summed E-state index contributed by atoms with van der Waals surface area (Å²) in [5.41, 5.74) is 0.513. The van der Waals surface area contributed by atoms with Crippen LogP contribution >= 0.6 is 0 Å². The Morgan fingerprint density at radius 1 is 1.09 bits per heavy atom. The minimum Gasteiger partial charge on any atom is -0.393 e. The Morgan fingerprint density at radius 2 is 1.84 bits per heavy atom. The molecule has 4 aliphatic rings. The number of tetrazole rings is 1. The molecule has 7 nitrogen and oxygen atoms in total. The molecule has 5 rings (SSSR count). The van der Waals surface area contributed by atoms with Crippen molar-refractivity contribution in [2.75, 3.05) is 0 Å². The molecule has 1 aromatic rings. The number of ketones is 1. The lowest BCUT2D eigenvalue weighted by atomic mass is 9.43. The van der Waals surface area contributed by atoms with Crippen LogP contribution < -0.4 is 0 Å². The Kier molecular flexibility index (Phi) is 5.72. The van der Waals surface area contributed by atoms with Gasteiger partial charge in [-0.3, -0.25) is 4.79 Å². The SMILES string of the molecule is C[C@H](CCC(=O)c1nn[nH]n1)[C@H]1CC[C@H]2[C@@H]3[C@H](O)C[C@@H]4C[C@H](O)CC[C@]4(C)[C@H]3CC[C@]12C. The number of hydrogen-bond donors (Lipinski definition) is 3. The molecule has 1 aromatic heterocycles. The summed E-state index contributed by atoms with van der Waals surface area (Å²) in [5.74, 6) is 3.22. The Hall–Kier alpha value is -1.34. The fraction of sp³-hybridized carbons (Fsp3) is 0.920. The minimum absolute atomic E-state index is 0.0323. The van der Waals surface area contributed by atoms with Crippen LogP contribution in [-0.2, 0) is 0 Å². The van der Waals surface area contributed by atoms with Crippen LogP contribution in [0.3, 0.4) is 0 Å². The summed E-state index contributed by atoms with van der Waals surface area (Å²) in [6.07, 6.45) is 9.49. The minimum atomic E-state index is -0.234. The zero-order valence-electron chi connectivity index (χ0n) is 19.8. The average Bonchev–Trinajstić information content (AvgIpc) is 3.41. The number of nitrogens with one attached hydrogen (secondary N) is 1. The third kappa shape index (κ3) is 3.46. The van der Waals surface area contributed by atoms with Crippen LogP contribution in [0.4, 0.5) is 0 Å². The van der Waals surface area contributed by atoms with Gasteiger partial charge in [0.1, 0.15) is 0 Å². The number of fused-ring (bicyclic) bond motifs is 5. The third-order valence-corrected chi connectivity index (χ3v) is 10.8. The quantitative estimate of drug-likeness (QED) is 0.596. The predicted molar refractivity (Wildman–Crippen MR) is 120 cm³/mol. The van der Waals surface area contributed by atoms with E-state index in [-0.39, 0.29) is 34.6 Å². The van der Waals surface area contributed by atoms with Gasteiger partial charge in [-0.2, -0.15) is 5.21 Å². The van der Waals surface area contributed by atoms with Gasteiger partial charge in [-0.15, -0.1) is 10.2 Å². The van der Waals surface area contributed by atoms with Gasteiger partial charge in [0.15, 0.2) is 0 Å². The molecule has 0 amide bonds. The molecule has 0 radical (unpaired) electrons. The van der Waals surface area contributed by atoms with E-state index in [9.17, 15) is 15.0 Å². The molecule has 0 bridgehead atoms. The zero-order chi connectivity index (χ0) is 22.7. The maximum absolute atomic E-state index is 12.4. The van der Waals surface area contributed by atoms with Gasteiger partial charge >= 0.3 is 0 Å². The Labute approximate surface area is 191 Å². The van der Waals surface area contributed by atoms with Crippen molar-refractivity contribution in [1.82, 2.24) is 20.6 Å².